The zero-order valence-corrected chi connectivity index (χ0v) is 12.5. The van der Waals surface area contributed by atoms with Crippen LogP contribution in [-0.4, -0.2) is 20.3 Å². The van der Waals surface area contributed by atoms with E-state index in [0.717, 1.165) is 35.7 Å². The minimum atomic E-state index is 0.581. The number of methoxy groups -OCH3 is 1. The van der Waals surface area contributed by atoms with Crippen molar-refractivity contribution >= 4 is 6.08 Å². The minimum Gasteiger partial charge on any atom is -0.493 e. The summed E-state index contributed by atoms with van der Waals surface area (Å²) in [5, 5.41) is 3.29. The van der Waals surface area contributed by atoms with E-state index in [4.69, 9.17) is 13.9 Å². The van der Waals surface area contributed by atoms with Crippen LogP contribution in [0.25, 0.3) is 6.08 Å². The molecule has 0 saturated heterocycles. The van der Waals surface area contributed by atoms with Gasteiger partial charge in [0.2, 0.25) is 0 Å². The Morgan fingerprint density at radius 3 is 2.86 bits per heavy atom. The fraction of sp³-hybridized carbons (Fsp3) is 0.294. The molecule has 0 atom stereocenters. The fourth-order valence-electron chi connectivity index (χ4n) is 1.96. The van der Waals surface area contributed by atoms with Gasteiger partial charge in [0.25, 0.3) is 0 Å². The van der Waals surface area contributed by atoms with Crippen molar-refractivity contribution in [2.75, 3.05) is 20.3 Å². The van der Waals surface area contributed by atoms with Crippen molar-refractivity contribution in [1.82, 2.24) is 5.32 Å². The molecule has 112 valence electrons. The topological polar surface area (TPSA) is 43.6 Å². The minimum absolute atomic E-state index is 0.581. The Morgan fingerprint density at radius 2 is 2.14 bits per heavy atom. The van der Waals surface area contributed by atoms with E-state index < -0.39 is 0 Å². The van der Waals surface area contributed by atoms with Crippen molar-refractivity contribution < 1.29 is 13.9 Å². The van der Waals surface area contributed by atoms with E-state index in [0.29, 0.717) is 6.61 Å². The average Bonchev–Trinajstić information content (AvgIpc) is 3.01. The largest absolute Gasteiger partial charge is 0.493 e. The van der Waals surface area contributed by atoms with Crippen molar-refractivity contribution in [2.24, 2.45) is 0 Å². The molecule has 2 rings (SSSR count). The Balaban J connectivity index is 1.79. The average molecular weight is 287 g/mol. The Kier molecular flexibility index (Phi) is 5.91. The summed E-state index contributed by atoms with van der Waals surface area (Å²) >= 11 is 0. The van der Waals surface area contributed by atoms with Crippen molar-refractivity contribution in [3.63, 3.8) is 0 Å². The van der Waals surface area contributed by atoms with Gasteiger partial charge in [-0.2, -0.15) is 0 Å². The van der Waals surface area contributed by atoms with Crippen LogP contribution in [0, 0.1) is 0 Å². The van der Waals surface area contributed by atoms with Gasteiger partial charge in [0.05, 0.1) is 19.6 Å². The van der Waals surface area contributed by atoms with E-state index in [-0.39, 0.29) is 0 Å². The normalized spacial score (nSPS) is 11.0. The molecule has 1 heterocycles. The number of allylic oxidation sites excluding steroid dienone is 1. The smallest absolute Gasteiger partial charge is 0.161 e. The van der Waals surface area contributed by atoms with Crippen LogP contribution < -0.4 is 14.8 Å². The number of nitrogens with one attached hydrogen (secondary N) is 1. The highest BCUT2D eigenvalue weighted by atomic mass is 16.5. The number of rotatable bonds is 8. The lowest BCUT2D eigenvalue weighted by molar-refractivity contribution is 0.292. The van der Waals surface area contributed by atoms with Crippen LogP contribution in [0.4, 0.5) is 0 Å². The van der Waals surface area contributed by atoms with Crippen molar-refractivity contribution in [3.8, 4) is 11.5 Å². The molecule has 1 aromatic heterocycles. The van der Waals surface area contributed by atoms with Gasteiger partial charge in [0.15, 0.2) is 11.5 Å². The van der Waals surface area contributed by atoms with Crippen molar-refractivity contribution in [2.45, 2.75) is 13.5 Å². The van der Waals surface area contributed by atoms with Crippen LogP contribution in [0.3, 0.4) is 0 Å². The van der Waals surface area contributed by atoms with Crippen LogP contribution in [0.1, 0.15) is 18.1 Å². The molecule has 0 fully saturated rings. The number of hydrogen-bond acceptors (Lipinski definition) is 4. The molecule has 0 aliphatic rings. The summed E-state index contributed by atoms with van der Waals surface area (Å²) in [4.78, 5) is 0. The first kappa shape index (κ1) is 15.2. The van der Waals surface area contributed by atoms with E-state index >= 15 is 0 Å². The van der Waals surface area contributed by atoms with Crippen LogP contribution in [0.15, 0.2) is 47.3 Å². The first-order valence-electron chi connectivity index (χ1n) is 6.99. The summed E-state index contributed by atoms with van der Waals surface area (Å²) in [6, 6.07) is 7.85. The second-order valence-electron chi connectivity index (χ2n) is 4.57. The van der Waals surface area contributed by atoms with Crippen LogP contribution >= 0.6 is 0 Å². The third kappa shape index (κ3) is 4.68. The summed E-state index contributed by atoms with van der Waals surface area (Å²) in [5.74, 6) is 1.51. The molecule has 1 N–H and O–H groups in total. The van der Waals surface area contributed by atoms with Crippen LogP contribution in [0.5, 0.6) is 11.5 Å². The van der Waals surface area contributed by atoms with Crippen LogP contribution in [-0.2, 0) is 6.54 Å². The predicted molar refractivity (Wildman–Crippen MR) is 83.6 cm³/mol. The van der Waals surface area contributed by atoms with Gasteiger partial charge in [-0.25, -0.2) is 0 Å². The lowest BCUT2D eigenvalue weighted by Gasteiger charge is -2.11. The molecule has 21 heavy (non-hydrogen) atoms. The molecule has 4 heteroatoms. The Hall–Kier alpha value is -2.20. The number of ether oxygens (including phenoxy) is 2. The SMILES string of the molecule is CC=Cc1ccc(OCCNCc2ccoc2)c(OC)c1. The zero-order valence-electron chi connectivity index (χ0n) is 12.5. The maximum absolute atomic E-state index is 5.75. The molecule has 0 saturated carbocycles. The third-order valence-corrected chi connectivity index (χ3v) is 2.99. The first-order valence-corrected chi connectivity index (χ1v) is 6.99. The number of benzene rings is 1. The molecule has 4 nitrogen and oxygen atoms in total. The number of hydrogen-bond donors (Lipinski definition) is 1. The Bertz CT molecular complexity index is 561. The molecule has 0 aliphatic heterocycles. The molecule has 0 aliphatic carbocycles. The third-order valence-electron chi connectivity index (χ3n) is 2.99. The molecule has 2 aromatic rings. The lowest BCUT2D eigenvalue weighted by atomic mass is 10.2. The first-order chi connectivity index (χ1) is 10.3. The van der Waals surface area contributed by atoms with Gasteiger partial charge in [-0.05, 0) is 30.7 Å². The summed E-state index contributed by atoms with van der Waals surface area (Å²) in [6.07, 6.45) is 7.43. The highest BCUT2D eigenvalue weighted by Gasteiger charge is 2.04. The highest BCUT2D eigenvalue weighted by molar-refractivity contribution is 5.55. The molecule has 0 bridgehead atoms. The van der Waals surface area contributed by atoms with Crippen LogP contribution in [0.2, 0.25) is 0 Å². The fourth-order valence-corrected chi connectivity index (χ4v) is 1.96. The monoisotopic (exact) mass is 287 g/mol. The summed E-state index contributed by atoms with van der Waals surface area (Å²) in [6.45, 7) is 4.10. The maximum Gasteiger partial charge on any atom is 0.161 e. The van der Waals surface area contributed by atoms with E-state index in [9.17, 15) is 0 Å². The van der Waals surface area contributed by atoms with E-state index in [1.807, 2.05) is 43.3 Å². The zero-order chi connectivity index (χ0) is 14.9. The Labute approximate surface area is 125 Å². The molecule has 0 spiro atoms. The van der Waals surface area contributed by atoms with Gasteiger partial charge >= 0.3 is 0 Å². The molecular weight excluding hydrogens is 266 g/mol. The summed E-state index contributed by atoms with van der Waals surface area (Å²) in [7, 11) is 1.65. The number of furan rings is 1. The van der Waals surface area contributed by atoms with Gasteiger partial charge in [0, 0.05) is 18.7 Å². The Morgan fingerprint density at radius 1 is 1.24 bits per heavy atom. The van der Waals surface area contributed by atoms with Gasteiger partial charge in [-0.15, -0.1) is 0 Å². The molecule has 0 unspecified atom stereocenters. The van der Waals surface area contributed by atoms with E-state index in [1.165, 1.54) is 0 Å². The predicted octanol–water partition coefficient (Wildman–Crippen LogP) is 3.49. The molecular formula is C17H21NO3. The quantitative estimate of drug-likeness (QED) is 0.755. The van der Waals surface area contributed by atoms with Crippen molar-refractivity contribution in [3.05, 3.63) is 54.0 Å². The standard InChI is InChI=1S/C17H21NO3/c1-3-4-14-5-6-16(17(11-14)19-2)21-10-8-18-12-15-7-9-20-13-15/h3-7,9,11,13,18H,8,10,12H2,1-2H3. The lowest BCUT2D eigenvalue weighted by Crippen LogP contribution is -2.20. The maximum atomic E-state index is 5.75. The highest BCUT2D eigenvalue weighted by Crippen LogP contribution is 2.28. The molecule has 0 radical (unpaired) electrons. The second-order valence-corrected chi connectivity index (χ2v) is 4.57. The molecule has 0 amide bonds. The van der Waals surface area contributed by atoms with Gasteiger partial charge in [0.1, 0.15) is 6.61 Å². The van der Waals surface area contributed by atoms with E-state index in [2.05, 4.69) is 5.32 Å². The van der Waals surface area contributed by atoms with E-state index in [1.54, 1.807) is 19.6 Å². The van der Waals surface area contributed by atoms with Gasteiger partial charge in [-0.3, -0.25) is 0 Å². The summed E-state index contributed by atoms with van der Waals surface area (Å²) in [5.41, 5.74) is 2.23. The molecule has 1 aromatic carbocycles. The van der Waals surface area contributed by atoms with Crippen molar-refractivity contribution in [1.29, 1.82) is 0 Å². The van der Waals surface area contributed by atoms with Gasteiger partial charge < -0.3 is 19.2 Å². The van der Waals surface area contributed by atoms with Gasteiger partial charge in [-0.1, -0.05) is 18.2 Å². The summed E-state index contributed by atoms with van der Waals surface area (Å²) < 4.78 is 16.1. The second kappa shape index (κ2) is 8.17.